The molecular weight excluding hydrogens is 440 g/mol. The minimum Gasteiger partial charge on any atom is -0.454 e. The molecule has 3 heterocycles. The Hall–Kier alpha value is -4.46. The highest BCUT2D eigenvalue weighted by Crippen LogP contribution is 2.45. The third kappa shape index (κ3) is 2.86. The number of hydrogen-bond donors (Lipinski definition) is 2. The fourth-order valence-corrected chi connectivity index (χ4v) is 5.46. The van der Waals surface area contributed by atoms with Crippen molar-refractivity contribution in [1.82, 2.24) is 19.8 Å². The van der Waals surface area contributed by atoms with E-state index in [1.807, 2.05) is 27.8 Å². The van der Waals surface area contributed by atoms with Gasteiger partial charge in [0.25, 0.3) is 0 Å². The van der Waals surface area contributed by atoms with Crippen molar-refractivity contribution in [1.29, 1.82) is 0 Å². The summed E-state index contributed by atoms with van der Waals surface area (Å²) >= 11 is 0. The van der Waals surface area contributed by atoms with Crippen LogP contribution in [0.1, 0.15) is 40.1 Å². The molecule has 7 rings (SSSR count). The van der Waals surface area contributed by atoms with Crippen LogP contribution in [0.3, 0.4) is 0 Å². The molecule has 1 atom stereocenters. The normalized spacial score (nSPS) is 19.5. The third-order valence-electron chi connectivity index (χ3n) is 7.23. The molecule has 4 N–H and O–H groups in total. The van der Waals surface area contributed by atoms with Crippen LogP contribution >= 0.6 is 0 Å². The predicted octanol–water partition coefficient (Wildman–Crippen LogP) is 3.80. The lowest BCUT2D eigenvalue weighted by Crippen LogP contribution is -2.33. The van der Waals surface area contributed by atoms with Crippen LogP contribution in [0, 0.1) is 0 Å². The van der Waals surface area contributed by atoms with Crippen molar-refractivity contribution in [3.63, 3.8) is 0 Å². The molecule has 4 aromatic rings. The summed E-state index contributed by atoms with van der Waals surface area (Å²) in [6, 6.07) is 16.6. The van der Waals surface area contributed by atoms with E-state index in [2.05, 4.69) is 59.7 Å². The van der Waals surface area contributed by atoms with E-state index in [-0.39, 0.29) is 6.79 Å². The summed E-state index contributed by atoms with van der Waals surface area (Å²) < 4.78 is 11.3. The van der Waals surface area contributed by atoms with E-state index in [1.54, 1.807) is 0 Å². The Labute approximate surface area is 202 Å². The first-order valence-electron chi connectivity index (χ1n) is 11.7. The lowest BCUT2D eigenvalue weighted by molar-refractivity contribution is 0.174. The summed E-state index contributed by atoms with van der Waals surface area (Å²) in [6.07, 6.45) is 10.9. The van der Waals surface area contributed by atoms with Crippen LogP contribution in [0.25, 0.3) is 12.2 Å². The maximum atomic E-state index is 6.42. The summed E-state index contributed by atoms with van der Waals surface area (Å²) in [5, 5.41) is 9.37. The SMILES string of the molecule is Nc1nn(-n2nc(N)c3c2CC(c2ccccc2)(c2ccc4c(c2)OCO4)C=C3)c2c1C=CCC2. The van der Waals surface area contributed by atoms with Crippen molar-refractivity contribution in [3.8, 4) is 11.5 Å². The van der Waals surface area contributed by atoms with Gasteiger partial charge in [0, 0.05) is 23.0 Å². The second-order valence-electron chi connectivity index (χ2n) is 9.13. The summed E-state index contributed by atoms with van der Waals surface area (Å²) in [5.74, 6) is 2.48. The number of allylic oxidation sites excluding steroid dienone is 2. The molecule has 0 amide bonds. The van der Waals surface area contributed by atoms with Crippen molar-refractivity contribution in [3.05, 3.63) is 94.3 Å². The van der Waals surface area contributed by atoms with E-state index in [0.29, 0.717) is 18.1 Å². The van der Waals surface area contributed by atoms with Crippen LogP contribution in [0.15, 0.2) is 60.7 Å². The Bertz CT molecular complexity index is 1530. The van der Waals surface area contributed by atoms with Crippen LogP contribution in [0.2, 0.25) is 0 Å². The van der Waals surface area contributed by atoms with Gasteiger partial charge in [-0.05, 0) is 36.1 Å². The van der Waals surface area contributed by atoms with Crippen molar-refractivity contribution in [2.75, 3.05) is 18.3 Å². The zero-order valence-electron chi connectivity index (χ0n) is 19.0. The molecule has 174 valence electrons. The molecule has 0 saturated heterocycles. The van der Waals surface area contributed by atoms with Crippen LogP contribution in [-0.4, -0.2) is 26.6 Å². The molecule has 0 fully saturated rings. The van der Waals surface area contributed by atoms with Crippen molar-refractivity contribution >= 4 is 23.8 Å². The molecule has 1 unspecified atom stereocenters. The highest BCUT2D eigenvalue weighted by molar-refractivity contribution is 5.71. The van der Waals surface area contributed by atoms with Crippen molar-refractivity contribution < 1.29 is 9.47 Å². The molecule has 0 bridgehead atoms. The van der Waals surface area contributed by atoms with Gasteiger partial charge in [0.15, 0.2) is 23.1 Å². The number of benzene rings is 2. The number of aromatic nitrogens is 4. The number of fused-ring (bicyclic) bond motifs is 3. The van der Waals surface area contributed by atoms with Gasteiger partial charge in [0.1, 0.15) is 0 Å². The number of nitrogens with two attached hydrogens (primary N) is 2. The lowest BCUT2D eigenvalue weighted by atomic mass is 9.68. The predicted molar refractivity (Wildman–Crippen MR) is 134 cm³/mol. The number of rotatable bonds is 3. The fourth-order valence-electron chi connectivity index (χ4n) is 5.46. The number of anilines is 2. The minimum absolute atomic E-state index is 0.237. The van der Waals surface area contributed by atoms with Crippen LogP contribution < -0.4 is 20.9 Å². The van der Waals surface area contributed by atoms with Crippen LogP contribution in [0.4, 0.5) is 11.6 Å². The molecule has 0 saturated carbocycles. The molecule has 2 aliphatic carbocycles. The summed E-state index contributed by atoms with van der Waals surface area (Å²) in [5.41, 5.74) is 18.4. The second-order valence-corrected chi connectivity index (χ2v) is 9.13. The number of nitrogens with zero attached hydrogens (tertiary/aromatic N) is 4. The standard InChI is InChI=1S/C27H24N6O2/c28-25-19-8-4-5-9-21(19)32(30-25)33-22-15-27(17-6-2-1-3-7-17,13-12-20(22)26(29)31-33)18-10-11-23-24(14-18)35-16-34-23/h1-4,6-8,10-14H,5,9,15-16H2,(H2,28,30)(H2,29,31). The van der Waals surface area contributed by atoms with Gasteiger partial charge in [0.2, 0.25) is 6.79 Å². The van der Waals surface area contributed by atoms with E-state index in [0.717, 1.165) is 58.0 Å². The van der Waals surface area contributed by atoms with E-state index >= 15 is 0 Å². The Balaban J connectivity index is 1.43. The summed E-state index contributed by atoms with van der Waals surface area (Å²) in [7, 11) is 0. The Morgan fingerprint density at radius 1 is 0.800 bits per heavy atom. The first kappa shape index (κ1) is 20.0. The number of nitrogen functional groups attached to an aromatic ring is 2. The maximum absolute atomic E-state index is 6.42. The van der Waals surface area contributed by atoms with Crippen molar-refractivity contribution in [2.45, 2.75) is 24.7 Å². The fraction of sp³-hybridized carbons (Fsp3) is 0.185. The topological polar surface area (TPSA) is 106 Å². The average Bonchev–Trinajstić information content (AvgIpc) is 3.60. The van der Waals surface area contributed by atoms with Crippen LogP contribution in [0.5, 0.6) is 11.5 Å². The van der Waals surface area contributed by atoms with Gasteiger partial charge < -0.3 is 20.9 Å². The van der Waals surface area contributed by atoms with Crippen LogP contribution in [-0.2, 0) is 18.3 Å². The minimum atomic E-state index is -0.460. The maximum Gasteiger partial charge on any atom is 0.231 e. The highest BCUT2D eigenvalue weighted by atomic mass is 16.7. The number of hydrogen-bond acceptors (Lipinski definition) is 6. The molecule has 3 aliphatic rings. The van der Waals surface area contributed by atoms with Gasteiger partial charge in [0.05, 0.1) is 11.4 Å². The Morgan fingerprint density at radius 2 is 1.54 bits per heavy atom. The molecule has 0 spiro atoms. The van der Waals surface area contributed by atoms with Gasteiger partial charge in [-0.25, -0.2) is 0 Å². The molecule has 8 nitrogen and oxygen atoms in total. The monoisotopic (exact) mass is 464 g/mol. The Morgan fingerprint density at radius 3 is 2.37 bits per heavy atom. The largest absolute Gasteiger partial charge is 0.454 e. The summed E-state index contributed by atoms with van der Waals surface area (Å²) in [6.45, 7) is 0.237. The zero-order valence-corrected chi connectivity index (χ0v) is 19.0. The molecule has 2 aromatic heterocycles. The zero-order chi connectivity index (χ0) is 23.6. The van der Waals surface area contributed by atoms with Gasteiger partial charge in [-0.3, -0.25) is 0 Å². The molecule has 0 radical (unpaired) electrons. The van der Waals surface area contributed by atoms with E-state index in [9.17, 15) is 0 Å². The average molecular weight is 465 g/mol. The quantitative estimate of drug-likeness (QED) is 0.478. The van der Waals surface area contributed by atoms with Gasteiger partial charge in [-0.15, -0.1) is 10.2 Å². The van der Waals surface area contributed by atoms with E-state index in [4.69, 9.17) is 26.0 Å². The van der Waals surface area contributed by atoms with E-state index in [1.165, 1.54) is 0 Å². The van der Waals surface area contributed by atoms with Crippen molar-refractivity contribution in [2.24, 2.45) is 0 Å². The summed E-state index contributed by atoms with van der Waals surface area (Å²) in [4.78, 5) is 3.64. The highest BCUT2D eigenvalue weighted by Gasteiger charge is 2.39. The molecule has 1 aliphatic heterocycles. The third-order valence-corrected chi connectivity index (χ3v) is 7.23. The van der Waals surface area contributed by atoms with Gasteiger partial charge >= 0.3 is 0 Å². The lowest BCUT2D eigenvalue weighted by Gasteiger charge is -2.35. The Kier molecular flexibility index (Phi) is 4.14. The number of ether oxygens (including phenoxy) is 2. The smallest absolute Gasteiger partial charge is 0.231 e. The molecule has 2 aromatic carbocycles. The first-order valence-corrected chi connectivity index (χ1v) is 11.7. The van der Waals surface area contributed by atoms with Gasteiger partial charge in [-0.2, -0.15) is 9.58 Å². The second kappa shape index (κ2) is 7.27. The molecule has 35 heavy (non-hydrogen) atoms. The molecule has 8 heteroatoms. The van der Waals surface area contributed by atoms with E-state index < -0.39 is 5.41 Å². The molecular formula is C27H24N6O2. The van der Waals surface area contributed by atoms with Gasteiger partial charge in [-0.1, -0.05) is 60.7 Å². The first-order chi connectivity index (χ1) is 17.1.